The van der Waals surface area contributed by atoms with Gasteiger partial charge in [0.25, 0.3) is 5.91 Å². The predicted molar refractivity (Wildman–Crippen MR) is 117 cm³/mol. The quantitative estimate of drug-likeness (QED) is 0.619. The van der Waals surface area contributed by atoms with Gasteiger partial charge in [-0.15, -0.1) is 11.8 Å². The van der Waals surface area contributed by atoms with E-state index < -0.39 is 4.87 Å². The van der Waals surface area contributed by atoms with Crippen LogP contribution < -0.4 is 9.80 Å². The number of fused-ring (bicyclic) bond motifs is 2. The highest BCUT2D eigenvalue weighted by Gasteiger charge is 2.58. The van der Waals surface area contributed by atoms with Gasteiger partial charge in [0.15, 0.2) is 0 Å². The van der Waals surface area contributed by atoms with E-state index in [2.05, 4.69) is 0 Å². The van der Waals surface area contributed by atoms with E-state index in [9.17, 15) is 14.0 Å². The summed E-state index contributed by atoms with van der Waals surface area (Å²) in [5.74, 6) is 0.0563. The van der Waals surface area contributed by atoms with Crippen LogP contribution in [0.25, 0.3) is 0 Å². The highest BCUT2D eigenvalue weighted by Crippen LogP contribution is 2.54. The SMILES string of the molecule is O=C1CCS[C@@]2(C(=O)N(Cc3ccc(F)cc3)c3ccccc32)N1c1ccccc1. The number of rotatable bonds is 3. The van der Waals surface area contributed by atoms with Crippen LogP contribution in [0.3, 0.4) is 0 Å². The Morgan fingerprint density at radius 1 is 0.900 bits per heavy atom. The molecule has 0 N–H and O–H groups in total. The summed E-state index contributed by atoms with van der Waals surface area (Å²) in [6.07, 6.45) is 0.384. The number of halogens is 1. The number of para-hydroxylation sites is 2. The molecule has 2 aliphatic rings. The zero-order valence-electron chi connectivity index (χ0n) is 16.1. The number of hydrogen-bond donors (Lipinski definition) is 0. The molecular weight excluding hydrogens is 399 g/mol. The van der Waals surface area contributed by atoms with Gasteiger partial charge in [0.05, 0.1) is 12.2 Å². The molecule has 2 amide bonds. The Morgan fingerprint density at radius 2 is 1.60 bits per heavy atom. The molecule has 1 spiro atoms. The zero-order chi connectivity index (χ0) is 20.7. The maximum atomic E-state index is 14.0. The van der Waals surface area contributed by atoms with Crippen molar-refractivity contribution in [1.29, 1.82) is 0 Å². The van der Waals surface area contributed by atoms with Gasteiger partial charge in [-0.25, -0.2) is 4.39 Å². The molecule has 0 aromatic heterocycles. The van der Waals surface area contributed by atoms with Crippen LogP contribution in [0, 0.1) is 5.82 Å². The van der Waals surface area contributed by atoms with Crippen molar-refractivity contribution < 1.29 is 14.0 Å². The number of carbonyl (C=O) groups is 2. The lowest BCUT2D eigenvalue weighted by atomic mass is 10.0. The van der Waals surface area contributed by atoms with Gasteiger partial charge in [0, 0.05) is 23.4 Å². The van der Waals surface area contributed by atoms with E-state index in [1.165, 1.54) is 23.9 Å². The van der Waals surface area contributed by atoms with E-state index in [-0.39, 0.29) is 17.6 Å². The number of amides is 2. The van der Waals surface area contributed by atoms with Crippen molar-refractivity contribution in [3.63, 3.8) is 0 Å². The van der Waals surface area contributed by atoms with Crippen LogP contribution in [0.1, 0.15) is 17.5 Å². The van der Waals surface area contributed by atoms with Crippen molar-refractivity contribution >= 4 is 35.0 Å². The monoisotopic (exact) mass is 418 g/mol. The van der Waals surface area contributed by atoms with Crippen molar-refractivity contribution in [1.82, 2.24) is 0 Å². The minimum atomic E-state index is -1.13. The largest absolute Gasteiger partial charge is 0.304 e. The topological polar surface area (TPSA) is 40.6 Å². The third kappa shape index (κ3) is 2.82. The number of nitrogens with zero attached hydrogens (tertiary/aromatic N) is 2. The van der Waals surface area contributed by atoms with E-state index in [4.69, 9.17) is 0 Å². The van der Waals surface area contributed by atoms with Crippen molar-refractivity contribution in [2.45, 2.75) is 17.8 Å². The summed E-state index contributed by atoms with van der Waals surface area (Å²) in [7, 11) is 0. The second kappa shape index (κ2) is 7.29. The van der Waals surface area contributed by atoms with E-state index >= 15 is 0 Å². The first-order chi connectivity index (χ1) is 14.6. The number of hydrogen-bond acceptors (Lipinski definition) is 3. The summed E-state index contributed by atoms with van der Waals surface area (Å²) in [6, 6.07) is 23.2. The van der Waals surface area contributed by atoms with Gasteiger partial charge < -0.3 is 4.90 Å². The maximum Gasteiger partial charge on any atom is 0.269 e. The maximum absolute atomic E-state index is 14.0. The molecule has 0 saturated carbocycles. The minimum Gasteiger partial charge on any atom is -0.304 e. The molecule has 3 aromatic carbocycles. The molecule has 6 heteroatoms. The Hall–Kier alpha value is -3.12. The Bertz CT molecular complexity index is 1120. The molecular formula is C24H19FN2O2S. The summed E-state index contributed by atoms with van der Waals surface area (Å²) in [4.78, 5) is 29.3. The summed E-state index contributed by atoms with van der Waals surface area (Å²) < 4.78 is 13.4. The lowest BCUT2D eigenvalue weighted by Crippen LogP contribution is -2.56. The Morgan fingerprint density at radius 3 is 2.37 bits per heavy atom. The van der Waals surface area contributed by atoms with E-state index in [1.54, 1.807) is 21.9 Å². The molecule has 1 atom stereocenters. The van der Waals surface area contributed by atoms with Gasteiger partial charge in [-0.05, 0) is 35.9 Å². The summed E-state index contributed by atoms with van der Waals surface area (Å²) in [5, 5.41) is 0. The van der Waals surface area contributed by atoms with Crippen molar-refractivity contribution in [2.75, 3.05) is 15.6 Å². The Balaban J connectivity index is 1.65. The van der Waals surface area contributed by atoms with Crippen molar-refractivity contribution in [3.8, 4) is 0 Å². The lowest BCUT2D eigenvalue weighted by molar-refractivity contribution is -0.125. The van der Waals surface area contributed by atoms with Gasteiger partial charge in [0.2, 0.25) is 10.8 Å². The Labute approximate surface area is 178 Å². The van der Waals surface area contributed by atoms with Crippen LogP contribution >= 0.6 is 11.8 Å². The highest BCUT2D eigenvalue weighted by atomic mass is 32.2. The molecule has 150 valence electrons. The third-order valence-corrected chi connectivity index (χ3v) is 6.96. The predicted octanol–water partition coefficient (Wildman–Crippen LogP) is 4.70. The average Bonchev–Trinajstić information content (AvgIpc) is 2.99. The van der Waals surface area contributed by atoms with Crippen LogP contribution in [-0.2, 0) is 21.0 Å². The second-order valence-electron chi connectivity index (χ2n) is 7.34. The minimum absolute atomic E-state index is 0.0632. The van der Waals surface area contributed by atoms with Crippen LogP contribution in [0.5, 0.6) is 0 Å². The summed E-state index contributed by atoms with van der Waals surface area (Å²) >= 11 is 1.50. The first kappa shape index (κ1) is 18.9. The summed E-state index contributed by atoms with van der Waals surface area (Å²) in [6.45, 7) is 0.315. The van der Waals surface area contributed by atoms with E-state index in [0.29, 0.717) is 24.4 Å². The molecule has 2 aliphatic heterocycles. The van der Waals surface area contributed by atoms with Crippen molar-refractivity contribution in [3.05, 3.63) is 95.8 Å². The second-order valence-corrected chi connectivity index (χ2v) is 8.63. The highest BCUT2D eigenvalue weighted by molar-refractivity contribution is 8.01. The molecule has 3 aromatic rings. The normalized spacial score (nSPS) is 20.7. The Kier molecular flexibility index (Phi) is 4.59. The molecule has 0 bridgehead atoms. The first-order valence-electron chi connectivity index (χ1n) is 9.79. The first-order valence-corrected chi connectivity index (χ1v) is 10.8. The van der Waals surface area contributed by atoms with Crippen LogP contribution in [0.4, 0.5) is 15.8 Å². The number of benzene rings is 3. The molecule has 0 radical (unpaired) electrons. The number of anilines is 2. The molecule has 2 heterocycles. The molecule has 0 aliphatic carbocycles. The van der Waals surface area contributed by atoms with Gasteiger partial charge in [0.1, 0.15) is 5.82 Å². The average molecular weight is 418 g/mol. The van der Waals surface area contributed by atoms with Crippen LogP contribution in [-0.4, -0.2) is 17.6 Å². The van der Waals surface area contributed by atoms with Gasteiger partial charge in [-0.2, -0.15) is 0 Å². The lowest BCUT2D eigenvalue weighted by Gasteiger charge is -2.42. The molecule has 4 nitrogen and oxygen atoms in total. The van der Waals surface area contributed by atoms with Gasteiger partial charge in [-0.1, -0.05) is 48.5 Å². The van der Waals surface area contributed by atoms with Gasteiger partial charge in [-0.3, -0.25) is 14.5 Å². The van der Waals surface area contributed by atoms with E-state index in [1.807, 2.05) is 54.6 Å². The number of carbonyl (C=O) groups excluding carboxylic acids is 2. The van der Waals surface area contributed by atoms with Crippen LogP contribution in [0.15, 0.2) is 78.9 Å². The molecule has 1 saturated heterocycles. The van der Waals surface area contributed by atoms with Crippen molar-refractivity contribution in [2.24, 2.45) is 0 Å². The van der Waals surface area contributed by atoms with E-state index in [0.717, 1.165) is 16.8 Å². The fourth-order valence-corrected chi connectivity index (χ4v) is 5.70. The molecule has 30 heavy (non-hydrogen) atoms. The third-order valence-electron chi connectivity index (χ3n) is 5.55. The number of thioether (sulfide) groups is 1. The zero-order valence-corrected chi connectivity index (χ0v) is 16.9. The molecule has 0 unspecified atom stereocenters. The molecule has 1 fully saturated rings. The smallest absolute Gasteiger partial charge is 0.269 e. The summed E-state index contributed by atoms with van der Waals surface area (Å²) in [5.41, 5.74) is 3.14. The van der Waals surface area contributed by atoms with Gasteiger partial charge >= 0.3 is 0 Å². The standard InChI is InChI=1S/C24H19FN2O2S/c25-18-12-10-17(11-13-18)16-26-21-9-5-4-8-20(21)24(23(26)29)27(22(28)14-15-30-24)19-6-2-1-3-7-19/h1-13H,14-16H2/t24-/m0/s1. The fourth-order valence-electron chi connectivity index (χ4n) is 4.23. The molecule has 5 rings (SSSR count). The fraction of sp³-hybridized carbons (Fsp3) is 0.167. The van der Waals surface area contributed by atoms with Crippen LogP contribution in [0.2, 0.25) is 0 Å².